The molecule has 0 radical (unpaired) electrons. The van der Waals surface area contributed by atoms with Crippen LogP contribution >= 0.6 is 22.9 Å². The number of halogens is 1. The highest BCUT2D eigenvalue weighted by molar-refractivity contribution is 7.20. The third-order valence-electron chi connectivity index (χ3n) is 4.94. The van der Waals surface area contributed by atoms with Gasteiger partial charge in [-0.3, -0.25) is 19.0 Å². The number of hydrogen-bond acceptors (Lipinski definition) is 6. The predicted octanol–water partition coefficient (Wildman–Crippen LogP) is 4.32. The zero-order valence-electron chi connectivity index (χ0n) is 17.7. The van der Waals surface area contributed by atoms with Crippen molar-refractivity contribution >= 4 is 56.3 Å². The molecule has 2 aromatic carbocycles. The van der Waals surface area contributed by atoms with E-state index < -0.39 is 11.5 Å². The fraction of sp³-hybridized carbons (Fsp3) is 0.130. The summed E-state index contributed by atoms with van der Waals surface area (Å²) < 4.78 is 6.47. The average Bonchev–Trinajstić information content (AvgIpc) is 3.15. The number of methoxy groups -OCH3 is 1. The molecule has 0 bridgehead atoms. The lowest BCUT2D eigenvalue weighted by atomic mass is 10.2. The largest absolute Gasteiger partial charge is 0.495 e. The van der Waals surface area contributed by atoms with Crippen molar-refractivity contribution in [1.82, 2.24) is 9.55 Å². The summed E-state index contributed by atoms with van der Waals surface area (Å²) in [6.07, 6.45) is 1.30. The van der Waals surface area contributed by atoms with Crippen molar-refractivity contribution in [3.8, 4) is 5.75 Å². The first-order chi connectivity index (χ1) is 15.9. The first kappa shape index (κ1) is 22.5. The Balaban J connectivity index is 1.60. The van der Waals surface area contributed by atoms with Crippen LogP contribution < -0.4 is 20.9 Å². The highest BCUT2D eigenvalue weighted by Gasteiger charge is 2.21. The van der Waals surface area contributed by atoms with Gasteiger partial charge >= 0.3 is 0 Å². The molecule has 0 spiro atoms. The number of ether oxygens (including phenoxy) is 1. The molecule has 2 heterocycles. The maximum atomic E-state index is 13.1. The van der Waals surface area contributed by atoms with Crippen LogP contribution in [0, 0.1) is 6.92 Å². The Kier molecular flexibility index (Phi) is 6.43. The van der Waals surface area contributed by atoms with Crippen molar-refractivity contribution in [2.45, 2.75) is 13.5 Å². The number of aromatic nitrogens is 2. The van der Waals surface area contributed by atoms with Crippen LogP contribution in [0.5, 0.6) is 5.75 Å². The second-order valence-corrected chi connectivity index (χ2v) is 8.50. The zero-order chi connectivity index (χ0) is 23.5. The normalized spacial score (nSPS) is 10.8. The van der Waals surface area contributed by atoms with E-state index in [-0.39, 0.29) is 12.5 Å². The van der Waals surface area contributed by atoms with E-state index >= 15 is 0 Å². The second kappa shape index (κ2) is 9.43. The van der Waals surface area contributed by atoms with Gasteiger partial charge in [0.2, 0.25) is 5.91 Å². The number of benzene rings is 2. The number of aryl methyl sites for hydroxylation is 1. The summed E-state index contributed by atoms with van der Waals surface area (Å²) in [5.74, 6) is -0.273. The molecule has 0 fully saturated rings. The lowest BCUT2D eigenvalue weighted by molar-refractivity contribution is -0.116. The SMILES string of the molecule is COc1ccccc1NC(=O)c1sc2ncn(CC(=O)Nc3ccccc3Cl)c(=O)c2c1C. The number of carbonyl (C=O) groups excluding carboxylic acids is 2. The molecular formula is C23H19ClN4O4S. The molecule has 10 heteroatoms. The fourth-order valence-corrected chi connectivity index (χ4v) is 4.54. The maximum Gasteiger partial charge on any atom is 0.266 e. The van der Waals surface area contributed by atoms with Gasteiger partial charge in [-0.1, -0.05) is 35.9 Å². The summed E-state index contributed by atoms with van der Waals surface area (Å²) in [5, 5.41) is 6.19. The lowest BCUT2D eigenvalue weighted by Gasteiger charge is -2.09. The minimum atomic E-state index is -0.423. The van der Waals surface area contributed by atoms with E-state index in [2.05, 4.69) is 15.6 Å². The molecule has 4 aromatic rings. The van der Waals surface area contributed by atoms with Gasteiger partial charge in [-0.25, -0.2) is 4.98 Å². The summed E-state index contributed by atoms with van der Waals surface area (Å²) in [5.41, 5.74) is 1.07. The van der Waals surface area contributed by atoms with Crippen LogP contribution in [-0.2, 0) is 11.3 Å². The van der Waals surface area contributed by atoms with Gasteiger partial charge < -0.3 is 15.4 Å². The van der Waals surface area contributed by atoms with Crippen LogP contribution in [0.2, 0.25) is 5.02 Å². The van der Waals surface area contributed by atoms with Gasteiger partial charge in [0.25, 0.3) is 11.5 Å². The number of carbonyl (C=O) groups is 2. The molecule has 0 unspecified atom stereocenters. The van der Waals surface area contributed by atoms with Crippen LogP contribution in [0.4, 0.5) is 11.4 Å². The molecule has 8 nitrogen and oxygen atoms in total. The molecule has 0 saturated carbocycles. The standard InChI is InChI=1S/C23H19ClN4O4S/c1-13-19-22(33-20(13)21(30)27-16-9-5-6-10-17(16)32-2)25-12-28(23(19)31)11-18(29)26-15-8-4-3-7-14(15)24/h3-10,12H,11H2,1-2H3,(H,26,29)(H,27,30). The van der Waals surface area contributed by atoms with E-state index in [1.807, 2.05) is 0 Å². The quantitative estimate of drug-likeness (QED) is 0.426. The summed E-state index contributed by atoms with van der Waals surface area (Å²) in [6.45, 7) is 1.44. The molecule has 168 valence electrons. The topological polar surface area (TPSA) is 102 Å². The number of nitrogens with one attached hydrogen (secondary N) is 2. The molecule has 2 aromatic heterocycles. The Morgan fingerprint density at radius 3 is 2.52 bits per heavy atom. The van der Waals surface area contributed by atoms with Crippen molar-refractivity contribution in [1.29, 1.82) is 0 Å². The number of fused-ring (bicyclic) bond motifs is 1. The molecule has 0 saturated heterocycles. The van der Waals surface area contributed by atoms with Crippen LogP contribution in [-0.4, -0.2) is 28.5 Å². The summed E-state index contributed by atoms with van der Waals surface area (Å²) in [7, 11) is 1.52. The minimum absolute atomic E-state index is 0.245. The van der Waals surface area contributed by atoms with Gasteiger partial charge in [0.1, 0.15) is 17.1 Å². The van der Waals surface area contributed by atoms with Crippen molar-refractivity contribution < 1.29 is 14.3 Å². The first-order valence-corrected chi connectivity index (χ1v) is 11.1. The van der Waals surface area contributed by atoms with Crippen molar-refractivity contribution in [2.24, 2.45) is 0 Å². The first-order valence-electron chi connectivity index (χ1n) is 9.86. The Bertz CT molecular complexity index is 1430. The number of rotatable bonds is 6. The van der Waals surface area contributed by atoms with Crippen molar-refractivity contribution in [3.63, 3.8) is 0 Å². The van der Waals surface area contributed by atoms with Gasteiger partial charge in [0.15, 0.2) is 0 Å². The Morgan fingerprint density at radius 2 is 1.79 bits per heavy atom. The third-order valence-corrected chi connectivity index (χ3v) is 6.47. The molecule has 0 aliphatic heterocycles. The van der Waals surface area contributed by atoms with E-state index in [1.54, 1.807) is 55.5 Å². The van der Waals surface area contributed by atoms with E-state index in [0.29, 0.717) is 42.8 Å². The van der Waals surface area contributed by atoms with Gasteiger partial charge in [0, 0.05) is 0 Å². The zero-order valence-corrected chi connectivity index (χ0v) is 19.3. The number of anilines is 2. The Hall–Kier alpha value is -3.69. The summed E-state index contributed by atoms with van der Waals surface area (Å²) in [6, 6.07) is 13.9. The maximum absolute atomic E-state index is 13.1. The molecule has 0 aliphatic rings. The average molecular weight is 483 g/mol. The van der Waals surface area contributed by atoms with E-state index in [0.717, 1.165) is 11.3 Å². The monoisotopic (exact) mass is 482 g/mol. The number of thiophene rings is 1. The number of hydrogen-bond donors (Lipinski definition) is 2. The molecule has 0 atom stereocenters. The highest BCUT2D eigenvalue weighted by atomic mass is 35.5. The smallest absolute Gasteiger partial charge is 0.266 e. The van der Waals surface area contributed by atoms with E-state index in [9.17, 15) is 14.4 Å². The van der Waals surface area contributed by atoms with Gasteiger partial charge in [-0.2, -0.15) is 0 Å². The Labute approximate surface area is 197 Å². The second-order valence-electron chi connectivity index (χ2n) is 7.10. The molecule has 33 heavy (non-hydrogen) atoms. The fourth-order valence-electron chi connectivity index (χ4n) is 3.32. The van der Waals surface area contributed by atoms with Crippen LogP contribution in [0.1, 0.15) is 15.2 Å². The number of para-hydroxylation sites is 3. The van der Waals surface area contributed by atoms with Crippen molar-refractivity contribution in [2.75, 3.05) is 17.7 Å². The minimum Gasteiger partial charge on any atom is -0.495 e. The highest BCUT2D eigenvalue weighted by Crippen LogP contribution is 2.29. The molecule has 0 aliphatic carbocycles. The molecule has 4 rings (SSSR count). The lowest BCUT2D eigenvalue weighted by Crippen LogP contribution is -2.28. The number of amides is 2. The Morgan fingerprint density at radius 1 is 1.09 bits per heavy atom. The molecule has 2 N–H and O–H groups in total. The predicted molar refractivity (Wildman–Crippen MR) is 130 cm³/mol. The van der Waals surface area contributed by atoms with Crippen molar-refractivity contribution in [3.05, 3.63) is 80.7 Å². The third kappa shape index (κ3) is 4.59. The van der Waals surface area contributed by atoms with Crippen LogP contribution in [0.3, 0.4) is 0 Å². The van der Waals surface area contributed by atoms with Gasteiger partial charge in [0.05, 0.1) is 40.1 Å². The van der Waals surface area contributed by atoms with E-state index in [1.165, 1.54) is 18.0 Å². The summed E-state index contributed by atoms with van der Waals surface area (Å²) in [4.78, 5) is 43.5. The van der Waals surface area contributed by atoms with Crippen LogP contribution in [0.15, 0.2) is 59.7 Å². The van der Waals surface area contributed by atoms with Gasteiger partial charge in [-0.15, -0.1) is 11.3 Å². The summed E-state index contributed by atoms with van der Waals surface area (Å²) >= 11 is 7.19. The van der Waals surface area contributed by atoms with Crippen LogP contribution in [0.25, 0.3) is 10.2 Å². The number of nitrogens with zero attached hydrogens (tertiary/aromatic N) is 2. The molecule has 2 amide bonds. The van der Waals surface area contributed by atoms with E-state index in [4.69, 9.17) is 16.3 Å². The molecular weight excluding hydrogens is 464 g/mol. The van der Waals surface area contributed by atoms with Gasteiger partial charge in [-0.05, 0) is 36.8 Å².